The number of nitro benzene ring substituents is 1. The highest BCUT2D eigenvalue weighted by Gasteiger charge is 2.42. The lowest BCUT2D eigenvalue weighted by atomic mass is 9.84. The zero-order valence-corrected chi connectivity index (χ0v) is 60.4. The summed E-state index contributed by atoms with van der Waals surface area (Å²) in [6.45, 7) is 7.49. The number of non-ortho nitro benzene ring substituents is 1. The summed E-state index contributed by atoms with van der Waals surface area (Å²) in [5, 5.41) is 50.6. The number of nitro groups is 1. The Kier molecular flexibility index (Phi) is 24.4. The second-order valence-corrected chi connectivity index (χ2v) is 29.5. The number of hydrogen-bond acceptors (Lipinski definition) is 11. The number of halogens is 2. The topological polar surface area (TPSA) is 297 Å². The fourth-order valence-corrected chi connectivity index (χ4v) is 17.5. The van der Waals surface area contributed by atoms with Gasteiger partial charge in [0.15, 0.2) is 0 Å². The average molecular weight is 1470 g/mol. The van der Waals surface area contributed by atoms with Crippen molar-refractivity contribution in [2.45, 2.75) is 113 Å². The minimum absolute atomic E-state index is 0.00430. The van der Waals surface area contributed by atoms with Crippen molar-refractivity contribution in [3.8, 4) is 0 Å². The normalized spacial score (nSPS) is 18.9. The molecule has 6 aromatic carbocycles. The Morgan fingerprint density at radius 3 is 1.18 bits per heavy atom. The molecule has 25 heteroatoms. The van der Waals surface area contributed by atoms with Crippen molar-refractivity contribution in [2.24, 2.45) is 17.8 Å². The lowest BCUT2D eigenvalue weighted by Crippen LogP contribution is -2.52. The highest BCUT2D eigenvalue weighted by molar-refractivity contribution is 5.93. The number of anilines is 2. The van der Waals surface area contributed by atoms with Crippen molar-refractivity contribution in [2.75, 3.05) is 89.2 Å². The van der Waals surface area contributed by atoms with E-state index in [1.54, 1.807) is 45.0 Å². The van der Waals surface area contributed by atoms with Gasteiger partial charge in [0.25, 0.3) is 5.69 Å². The van der Waals surface area contributed by atoms with Crippen molar-refractivity contribution in [1.29, 1.82) is 0 Å². The van der Waals surface area contributed by atoms with Gasteiger partial charge in [-0.1, -0.05) is 72.8 Å². The maximum absolute atomic E-state index is 13.4. The van der Waals surface area contributed by atoms with Crippen LogP contribution in [-0.4, -0.2) is 197 Å². The van der Waals surface area contributed by atoms with Crippen molar-refractivity contribution < 1.29 is 57.8 Å². The molecule has 5 amide bonds. The zero-order valence-electron chi connectivity index (χ0n) is 60.4. The number of likely N-dealkylation sites (tertiary alicyclic amines) is 6. The first-order chi connectivity index (χ1) is 52.4. The lowest BCUT2D eigenvalue weighted by molar-refractivity contribution is -0.384. The molecule has 8 N–H and O–H groups in total. The molecule has 0 saturated carbocycles. The summed E-state index contributed by atoms with van der Waals surface area (Å²) >= 11 is 0. The summed E-state index contributed by atoms with van der Waals surface area (Å²) in [5.74, 6) is -2.01. The van der Waals surface area contributed by atoms with E-state index in [1.807, 2.05) is 18.2 Å². The molecule has 0 bridgehead atoms. The van der Waals surface area contributed by atoms with Gasteiger partial charge < -0.3 is 55.6 Å². The number of carboxylic acids is 3. The smallest absolute Gasteiger partial charge is 0.321 e. The van der Waals surface area contributed by atoms with Crippen LogP contribution in [0.4, 0.5) is 35.4 Å². The molecule has 566 valence electrons. The van der Waals surface area contributed by atoms with Crippen molar-refractivity contribution in [1.82, 2.24) is 44.4 Å². The Balaban J connectivity index is 0.000000143. The lowest BCUT2D eigenvalue weighted by Gasteiger charge is -2.41. The number of aliphatic carboxylic acids is 3. The Bertz CT molecular complexity index is 4650. The van der Waals surface area contributed by atoms with Crippen LogP contribution in [0, 0.1) is 39.5 Å². The second-order valence-electron chi connectivity index (χ2n) is 29.5. The van der Waals surface area contributed by atoms with Crippen LogP contribution >= 0.6 is 0 Å². The van der Waals surface area contributed by atoms with Gasteiger partial charge in [0.1, 0.15) is 29.8 Å². The summed E-state index contributed by atoms with van der Waals surface area (Å²) in [4.78, 5) is 107. The van der Waals surface area contributed by atoms with Crippen LogP contribution in [0.15, 0.2) is 170 Å². The van der Waals surface area contributed by atoms with Gasteiger partial charge in [-0.15, -0.1) is 0 Å². The molecule has 6 aliphatic rings. The number of carboxylic acid groups (broad SMARTS) is 3. The van der Waals surface area contributed by atoms with Crippen molar-refractivity contribution in [3.05, 3.63) is 214 Å². The monoisotopic (exact) mass is 1470 g/mol. The summed E-state index contributed by atoms with van der Waals surface area (Å²) in [7, 11) is 0. The van der Waals surface area contributed by atoms with Gasteiger partial charge in [-0.2, -0.15) is 0 Å². The number of rotatable bonds is 17. The van der Waals surface area contributed by atoms with E-state index in [9.17, 15) is 63.0 Å². The Morgan fingerprint density at radius 2 is 0.796 bits per heavy atom. The minimum atomic E-state index is -0.786. The summed E-state index contributed by atoms with van der Waals surface area (Å²) in [5.41, 5.74) is 8.91. The molecule has 6 aliphatic heterocycles. The van der Waals surface area contributed by atoms with Gasteiger partial charge in [0.2, 0.25) is 5.91 Å². The number of aromatic amines is 3. The molecule has 15 rings (SSSR count). The highest BCUT2D eigenvalue weighted by atomic mass is 19.1. The van der Waals surface area contributed by atoms with Gasteiger partial charge in [-0.25, -0.2) is 18.4 Å². The first-order valence-corrected chi connectivity index (χ1v) is 37.8. The Morgan fingerprint density at radius 1 is 0.426 bits per heavy atom. The number of para-hydroxylation sites is 3. The molecule has 0 radical (unpaired) electrons. The number of benzene rings is 6. The number of fused-ring (bicyclic) bond motifs is 3. The van der Waals surface area contributed by atoms with Crippen molar-refractivity contribution in [3.63, 3.8) is 0 Å². The number of aromatic nitrogens is 3. The number of carbonyl (C=O) groups is 6. The van der Waals surface area contributed by atoms with Crippen LogP contribution < -0.4 is 10.6 Å². The number of piperidine rings is 6. The molecule has 108 heavy (non-hydrogen) atoms. The molecule has 6 saturated heterocycles. The molecule has 3 atom stereocenters. The molecule has 9 heterocycles. The van der Waals surface area contributed by atoms with E-state index in [-0.39, 0.29) is 47.2 Å². The number of urea groups is 2. The van der Waals surface area contributed by atoms with E-state index in [0.29, 0.717) is 112 Å². The third-order valence-electron chi connectivity index (χ3n) is 23.2. The van der Waals surface area contributed by atoms with E-state index in [2.05, 4.69) is 113 Å². The first kappa shape index (κ1) is 75.5. The fourth-order valence-electron chi connectivity index (χ4n) is 17.5. The molecule has 0 aliphatic carbocycles. The summed E-state index contributed by atoms with van der Waals surface area (Å²) < 4.78 is 26.5. The predicted molar refractivity (Wildman–Crippen MR) is 411 cm³/mol. The summed E-state index contributed by atoms with van der Waals surface area (Å²) in [6.07, 6.45) is 18.7. The van der Waals surface area contributed by atoms with E-state index in [4.69, 9.17) is 0 Å². The summed E-state index contributed by atoms with van der Waals surface area (Å²) in [6, 6.07) is 40.4. The first-order valence-electron chi connectivity index (χ1n) is 37.8. The molecule has 23 nitrogen and oxygen atoms in total. The van der Waals surface area contributed by atoms with Crippen LogP contribution in [-0.2, 0) is 19.2 Å². The number of H-pyrrole nitrogens is 3. The van der Waals surface area contributed by atoms with Crippen LogP contribution in [0.2, 0.25) is 0 Å². The fraction of sp³-hybridized carbons (Fsp3) is 0.398. The van der Waals surface area contributed by atoms with Gasteiger partial charge in [-0.3, -0.25) is 44.0 Å². The third-order valence-corrected chi connectivity index (χ3v) is 23.2. The molecule has 9 aromatic rings. The third kappa shape index (κ3) is 18.1. The number of nitrogens with zero attached hydrogens (tertiary/aromatic N) is 7. The van der Waals surface area contributed by atoms with E-state index < -0.39 is 46.8 Å². The molecule has 0 spiro atoms. The molecular formula is C83H94F2N12O11. The van der Waals surface area contributed by atoms with Gasteiger partial charge in [0, 0.05) is 120 Å². The van der Waals surface area contributed by atoms with Gasteiger partial charge >= 0.3 is 30.0 Å². The standard InChI is InChI=1S/C29H32N4O5.2C27H31FN4O3/c34-27(9-8-20-4-3-5-23(18-20)33(37)38)31-14-12-22(13-15-31)28(29(35)36)32-16-10-21(11-17-32)25-19-30-26-7-2-1-6-24(25)26;28-20-4-3-5-21(16-20)30-27(35)32-14-10-19(11-15-32)25(26(33)34)31-12-8-18(9-13-31)23-17-29-24-7-2-1-6-22(23)24;28-20-5-7-21(8-6-20)30-27(35)32-15-11-19(12-16-32)25(26(33)34)31-13-9-18(10-14-31)23-17-29-24-4-2-1-3-22(23)24/h1-9,18-19,21-22,28,30H,10-17H2,(H,35,36);1-7,16-19,25,29H,8-15H2,(H,30,35)(H,33,34);1-8,17-19,25,29H,9-16H2,(H,30,35)(H,33,34)/b9-8+;;. The largest absolute Gasteiger partial charge is 0.480 e. The van der Waals surface area contributed by atoms with Crippen LogP contribution in [0.3, 0.4) is 0 Å². The quantitative estimate of drug-likeness (QED) is 0.0239. The molecule has 3 aromatic heterocycles. The van der Waals surface area contributed by atoms with E-state index in [0.717, 1.165) is 94.3 Å². The highest BCUT2D eigenvalue weighted by Crippen LogP contribution is 2.40. The van der Waals surface area contributed by atoms with Crippen LogP contribution in [0.25, 0.3) is 38.8 Å². The maximum atomic E-state index is 13.4. The molecule has 6 fully saturated rings. The average Bonchev–Trinajstić information content (AvgIpc) is 1.80. The van der Waals surface area contributed by atoms with Crippen LogP contribution in [0.1, 0.15) is 117 Å². The predicted octanol–water partition coefficient (Wildman–Crippen LogP) is 14.4. The van der Waals surface area contributed by atoms with Crippen molar-refractivity contribution >= 4 is 91.7 Å². The van der Waals surface area contributed by atoms with Crippen LogP contribution in [0.5, 0.6) is 0 Å². The minimum Gasteiger partial charge on any atom is -0.480 e. The SMILES string of the molecule is O=C(O)C(C1CCN(C(=O)/C=C/c2cccc([N+](=O)[O-])c2)CC1)N1CCC(c2c[nH]c3ccccc23)CC1.O=C(O)C(C1CCN(C(=O)Nc2ccc(F)cc2)CC1)N1CCC(c2c[nH]c3ccccc23)CC1.O=C(O)C(C1CCN(C(=O)Nc2cccc(F)c2)CC1)N1CCC(c2c[nH]c3ccccc23)CC1. The Hall–Kier alpha value is -10.8. The zero-order chi connectivity index (χ0) is 75.4. The van der Waals surface area contributed by atoms with E-state index in [1.165, 1.54) is 87.5 Å². The van der Waals surface area contributed by atoms with E-state index >= 15 is 0 Å². The number of amides is 5. The second kappa shape index (κ2) is 34.9. The molecule has 3 unspecified atom stereocenters. The maximum Gasteiger partial charge on any atom is 0.321 e. The number of nitrogens with one attached hydrogen (secondary N) is 5. The van der Waals surface area contributed by atoms with Gasteiger partial charge in [-0.05, 0) is 241 Å². The molecular weight excluding hydrogens is 1380 g/mol. The number of hydrogen-bond donors (Lipinski definition) is 8. The number of carbonyl (C=O) groups excluding carboxylic acids is 3. The van der Waals surface area contributed by atoms with Gasteiger partial charge in [0.05, 0.1) is 4.92 Å². The Labute approximate surface area is 625 Å².